The molecular weight excluding hydrogens is 176 g/mol. The van der Waals surface area contributed by atoms with Crippen molar-refractivity contribution in [3.63, 3.8) is 0 Å². The highest BCUT2D eigenvalue weighted by molar-refractivity contribution is 7.76. The predicted molar refractivity (Wildman–Crippen MR) is 49.1 cm³/mol. The molecule has 0 radical (unpaired) electrons. The maximum absolute atomic E-state index is 10.7. The number of rotatable bonds is 2. The van der Waals surface area contributed by atoms with Crippen LogP contribution < -0.4 is 0 Å². The van der Waals surface area contributed by atoms with E-state index in [0.29, 0.717) is 6.04 Å². The molecule has 4 nitrogen and oxygen atoms in total. The summed E-state index contributed by atoms with van der Waals surface area (Å²) in [5.74, 6) is 0. The van der Waals surface area contributed by atoms with Crippen LogP contribution in [0.3, 0.4) is 0 Å². The average molecular weight is 192 g/mol. The van der Waals surface area contributed by atoms with Gasteiger partial charge in [-0.25, -0.2) is 8.51 Å². The van der Waals surface area contributed by atoms with Crippen LogP contribution in [0.4, 0.5) is 0 Å². The summed E-state index contributed by atoms with van der Waals surface area (Å²) in [5, 5.41) is 0. The van der Waals surface area contributed by atoms with Crippen LogP contribution in [0, 0.1) is 0 Å². The predicted octanol–water partition coefficient (Wildman–Crippen LogP) is 0.149. The number of hydrogen-bond donors (Lipinski definition) is 1. The first-order valence-electron chi connectivity index (χ1n) is 4.13. The molecule has 1 atom stereocenters. The van der Waals surface area contributed by atoms with E-state index in [1.54, 1.807) is 4.31 Å². The Morgan fingerprint density at radius 3 is 2.25 bits per heavy atom. The van der Waals surface area contributed by atoms with Crippen LogP contribution in [0.1, 0.15) is 12.8 Å². The Labute approximate surface area is 76.0 Å². The van der Waals surface area contributed by atoms with E-state index in [2.05, 4.69) is 19.0 Å². The molecule has 5 heteroatoms. The van der Waals surface area contributed by atoms with Crippen molar-refractivity contribution in [3.05, 3.63) is 0 Å². The van der Waals surface area contributed by atoms with Gasteiger partial charge in [0, 0.05) is 19.1 Å². The Kier molecular flexibility index (Phi) is 3.64. The van der Waals surface area contributed by atoms with E-state index in [4.69, 9.17) is 4.55 Å². The Balaban J connectivity index is 2.34. The quantitative estimate of drug-likeness (QED) is 0.633. The van der Waals surface area contributed by atoms with E-state index in [1.165, 1.54) is 0 Å². The summed E-state index contributed by atoms with van der Waals surface area (Å²) in [6.07, 6.45) is 1.97. The van der Waals surface area contributed by atoms with Crippen molar-refractivity contribution in [1.82, 2.24) is 9.21 Å². The highest BCUT2D eigenvalue weighted by atomic mass is 32.2. The van der Waals surface area contributed by atoms with Crippen LogP contribution in [0.15, 0.2) is 0 Å². The van der Waals surface area contributed by atoms with E-state index in [9.17, 15) is 4.21 Å². The molecule has 0 aliphatic carbocycles. The zero-order chi connectivity index (χ0) is 9.14. The minimum Gasteiger partial charge on any atom is -0.306 e. The first-order chi connectivity index (χ1) is 5.61. The number of piperidine rings is 1. The maximum atomic E-state index is 10.7. The van der Waals surface area contributed by atoms with Gasteiger partial charge in [0.15, 0.2) is 0 Å². The molecule has 1 heterocycles. The third-order valence-corrected chi connectivity index (χ3v) is 3.18. The highest BCUT2D eigenvalue weighted by Crippen LogP contribution is 2.14. The summed E-state index contributed by atoms with van der Waals surface area (Å²) in [5.41, 5.74) is 0. The van der Waals surface area contributed by atoms with Gasteiger partial charge < -0.3 is 4.90 Å². The molecule has 1 fully saturated rings. The Morgan fingerprint density at radius 1 is 1.42 bits per heavy atom. The van der Waals surface area contributed by atoms with Crippen LogP contribution >= 0.6 is 0 Å². The molecule has 0 aromatic carbocycles. The van der Waals surface area contributed by atoms with Gasteiger partial charge in [0.2, 0.25) is 11.3 Å². The van der Waals surface area contributed by atoms with Gasteiger partial charge in [-0.3, -0.25) is 4.55 Å². The van der Waals surface area contributed by atoms with Gasteiger partial charge >= 0.3 is 0 Å². The minimum absolute atomic E-state index is 0.574. The summed E-state index contributed by atoms with van der Waals surface area (Å²) in [7, 11) is 4.10. The average Bonchev–Trinajstić information content (AvgIpc) is 2.04. The smallest absolute Gasteiger partial charge is 0.234 e. The van der Waals surface area contributed by atoms with Crippen LogP contribution in [0.2, 0.25) is 0 Å². The van der Waals surface area contributed by atoms with Gasteiger partial charge in [0.05, 0.1) is 0 Å². The summed E-state index contributed by atoms with van der Waals surface area (Å²) in [4.78, 5) is 2.18. The van der Waals surface area contributed by atoms with Gasteiger partial charge in [-0.15, -0.1) is 0 Å². The fraction of sp³-hybridized carbons (Fsp3) is 1.00. The third kappa shape index (κ3) is 2.52. The van der Waals surface area contributed by atoms with Gasteiger partial charge in [-0.1, -0.05) is 0 Å². The zero-order valence-corrected chi connectivity index (χ0v) is 8.38. The highest BCUT2D eigenvalue weighted by Gasteiger charge is 2.22. The van der Waals surface area contributed by atoms with Crippen molar-refractivity contribution in [2.24, 2.45) is 0 Å². The molecule has 12 heavy (non-hydrogen) atoms. The second-order valence-electron chi connectivity index (χ2n) is 3.35. The Morgan fingerprint density at radius 2 is 1.92 bits per heavy atom. The molecule has 1 unspecified atom stereocenters. The van der Waals surface area contributed by atoms with E-state index in [-0.39, 0.29) is 0 Å². The normalized spacial score (nSPS) is 24.7. The fourth-order valence-corrected chi connectivity index (χ4v) is 2.04. The fourth-order valence-electron chi connectivity index (χ4n) is 1.51. The third-order valence-electron chi connectivity index (χ3n) is 2.37. The molecule has 1 aliphatic heterocycles. The number of hydrogen-bond acceptors (Lipinski definition) is 2. The lowest BCUT2D eigenvalue weighted by Crippen LogP contribution is -2.42. The molecule has 0 saturated carbocycles. The molecule has 1 aliphatic rings. The van der Waals surface area contributed by atoms with Crippen molar-refractivity contribution in [2.75, 3.05) is 27.2 Å². The first kappa shape index (κ1) is 10.1. The second-order valence-corrected chi connectivity index (χ2v) is 4.33. The van der Waals surface area contributed by atoms with Gasteiger partial charge in [-0.05, 0) is 26.9 Å². The van der Waals surface area contributed by atoms with Crippen LogP contribution in [-0.2, 0) is 11.3 Å². The molecule has 0 spiro atoms. The summed E-state index contributed by atoms with van der Waals surface area (Å²) >= 11 is -1.77. The molecule has 0 amide bonds. The van der Waals surface area contributed by atoms with Crippen molar-refractivity contribution in [1.29, 1.82) is 0 Å². The second kappa shape index (κ2) is 4.32. The lowest BCUT2D eigenvalue weighted by molar-refractivity contribution is 0.195. The van der Waals surface area contributed by atoms with Crippen LogP contribution in [-0.4, -0.2) is 51.2 Å². The van der Waals surface area contributed by atoms with Crippen molar-refractivity contribution < 1.29 is 8.76 Å². The minimum atomic E-state index is -1.77. The van der Waals surface area contributed by atoms with Crippen LogP contribution in [0.5, 0.6) is 0 Å². The summed E-state index contributed by atoms with van der Waals surface area (Å²) in [6.45, 7) is 1.46. The Hall–Kier alpha value is 0.0300. The Bertz CT molecular complexity index is 167. The molecule has 1 rings (SSSR count). The largest absolute Gasteiger partial charge is 0.306 e. The molecular formula is C7H16N2O2S. The van der Waals surface area contributed by atoms with Gasteiger partial charge in [0.25, 0.3) is 0 Å². The zero-order valence-electron chi connectivity index (χ0n) is 7.56. The van der Waals surface area contributed by atoms with Gasteiger partial charge in [0.1, 0.15) is 0 Å². The van der Waals surface area contributed by atoms with E-state index in [0.717, 1.165) is 25.9 Å². The lowest BCUT2D eigenvalue weighted by Gasteiger charge is -2.32. The van der Waals surface area contributed by atoms with E-state index >= 15 is 0 Å². The number of nitrogens with zero attached hydrogens (tertiary/aromatic N) is 2. The van der Waals surface area contributed by atoms with Crippen LogP contribution in [0.25, 0.3) is 0 Å². The molecule has 0 bridgehead atoms. The monoisotopic (exact) mass is 192 g/mol. The van der Waals surface area contributed by atoms with E-state index < -0.39 is 11.3 Å². The van der Waals surface area contributed by atoms with Gasteiger partial charge in [-0.2, -0.15) is 0 Å². The van der Waals surface area contributed by atoms with E-state index in [1.807, 2.05) is 0 Å². The van der Waals surface area contributed by atoms with Crippen molar-refractivity contribution in [3.8, 4) is 0 Å². The molecule has 72 valence electrons. The molecule has 1 saturated heterocycles. The van der Waals surface area contributed by atoms with Crippen molar-refractivity contribution in [2.45, 2.75) is 18.9 Å². The van der Waals surface area contributed by atoms with Crippen molar-refractivity contribution >= 4 is 11.3 Å². The SMILES string of the molecule is CN(C)C1CCN(S(=O)O)CC1. The summed E-state index contributed by atoms with van der Waals surface area (Å²) < 4.78 is 21.0. The standard InChI is InChI=1S/C7H16N2O2S/c1-8(2)7-3-5-9(6-4-7)12(10)11/h7H,3-6H2,1-2H3,(H,10,11). The lowest BCUT2D eigenvalue weighted by atomic mass is 10.1. The molecule has 0 aromatic rings. The maximum Gasteiger partial charge on any atom is 0.234 e. The molecule has 0 aromatic heterocycles. The topological polar surface area (TPSA) is 43.8 Å². The summed E-state index contributed by atoms with van der Waals surface area (Å²) in [6, 6.07) is 0.574. The first-order valence-corrected chi connectivity index (χ1v) is 5.20. The molecule has 1 N–H and O–H groups in total.